The van der Waals surface area contributed by atoms with Crippen molar-refractivity contribution in [3.63, 3.8) is 0 Å². The summed E-state index contributed by atoms with van der Waals surface area (Å²) in [6.07, 6.45) is 0. The topological polar surface area (TPSA) is 168 Å². The van der Waals surface area contributed by atoms with Gasteiger partial charge in [-0.2, -0.15) is 0 Å². The normalized spacial score (nSPS) is 10.0. The number of ether oxygens (including phenoxy) is 2. The maximum absolute atomic E-state index is 11.7. The van der Waals surface area contributed by atoms with E-state index in [9.17, 15) is 29.4 Å². The third-order valence-electron chi connectivity index (χ3n) is 2.99. The molecule has 134 valence electrons. The van der Waals surface area contributed by atoms with Crippen LogP contribution >= 0.6 is 0 Å². The Bertz CT molecular complexity index is 840. The minimum absolute atomic E-state index is 0.314. The summed E-state index contributed by atoms with van der Waals surface area (Å²) in [7, 11) is 0. The van der Waals surface area contributed by atoms with E-state index in [0.29, 0.717) is 0 Å². The van der Waals surface area contributed by atoms with Crippen LogP contribution in [0.1, 0.15) is 20.7 Å². The van der Waals surface area contributed by atoms with Gasteiger partial charge >= 0.3 is 23.9 Å². The summed E-state index contributed by atoms with van der Waals surface area (Å²) in [4.78, 5) is 45.2. The summed E-state index contributed by atoms with van der Waals surface area (Å²) in [6, 6.07) is 5.60. The van der Waals surface area contributed by atoms with E-state index in [1.165, 1.54) is 0 Å². The van der Waals surface area contributed by atoms with Crippen molar-refractivity contribution >= 4 is 23.9 Å². The van der Waals surface area contributed by atoms with Crippen LogP contribution in [0.25, 0.3) is 0 Å². The highest BCUT2D eigenvalue weighted by atomic mass is 16.6. The molecule has 2 aromatic rings. The molecule has 0 unspecified atom stereocenters. The first kappa shape index (κ1) is 18.3. The molecule has 0 heterocycles. The van der Waals surface area contributed by atoms with Crippen LogP contribution in [0.3, 0.4) is 0 Å². The smallest absolute Gasteiger partial charge is 0.423 e. The molecule has 10 nitrogen and oxygen atoms in total. The van der Waals surface area contributed by atoms with E-state index in [0.717, 1.165) is 36.4 Å². The summed E-state index contributed by atoms with van der Waals surface area (Å²) in [5, 5.41) is 36.8. The molecule has 2 aromatic carbocycles. The number of aromatic carboxylic acids is 2. The molecule has 0 saturated heterocycles. The van der Waals surface area contributed by atoms with Crippen LogP contribution in [-0.4, -0.2) is 44.3 Å². The standard InChI is InChI=1S/C16H10O10/c17-9-3-1-7(13(19)20)5-11(9)25-15(23)16(24)26-12-6-8(14(21)22)2-4-10(12)18/h1-6,17-18H,(H,19,20)(H,21,22). The first-order chi connectivity index (χ1) is 12.2. The zero-order valence-corrected chi connectivity index (χ0v) is 12.7. The van der Waals surface area contributed by atoms with E-state index in [1.807, 2.05) is 0 Å². The Hall–Kier alpha value is -4.08. The van der Waals surface area contributed by atoms with Crippen molar-refractivity contribution in [2.75, 3.05) is 0 Å². The Morgan fingerprint density at radius 3 is 1.31 bits per heavy atom. The minimum atomic E-state index is -1.64. The van der Waals surface area contributed by atoms with Gasteiger partial charge in [-0.25, -0.2) is 19.2 Å². The molecule has 0 spiro atoms. The molecule has 0 saturated carbocycles. The van der Waals surface area contributed by atoms with Gasteiger partial charge in [-0.05, 0) is 36.4 Å². The predicted molar refractivity (Wildman–Crippen MR) is 81.4 cm³/mol. The number of carboxylic acid groups (broad SMARTS) is 2. The first-order valence-electron chi connectivity index (χ1n) is 6.75. The SMILES string of the molecule is O=C(Oc1cc(C(=O)O)ccc1O)C(=O)Oc1cc(C(=O)O)ccc1O. The molecule has 4 N–H and O–H groups in total. The van der Waals surface area contributed by atoms with Gasteiger partial charge in [-0.1, -0.05) is 0 Å². The fraction of sp³-hybridized carbons (Fsp3) is 0. The van der Waals surface area contributed by atoms with Gasteiger partial charge in [0.25, 0.3) is 0 Å². The Labute approximate surface area is 144 Å². The van der Waals surface area contributed by atoms with Crippen molar-refractivity contribution in [1.82, 2.24) is 0 Å². The van der Waals surface area contributed by atoms with E-state index in [2.05, 4.69) is 9.47 Å². The van der Waals surface area contributed by atoms with E-state index >= 15 is 0 Å². The number of aromatic hydroxyl groups is 2. The molecule has 0 bridgehead atoms. The number of hydrogen-bond donors (Lipinski definition) is 4. The molecular formula is C16H10O10. The summed E-state index contributed by atoms with van der Waals surface area (Å²) in [5.74, 6) is -8.41. The van der Waals surface area contributed by atoms with E-state index in [4.69, 9.17) is 10.2 Å². The third kappa shape index (κ3) is 4.06. The van der Waals surface area contributed by atoms with Crippen LogP contribution in [0.15, 0.2) is 36.4 Å². The molecule has 0 radical (unpaired) electrons. The summed E-state index contributed by atoms with van der Waals surface area (Å²) < 4.78 is 9.13. The highest BCUT2D eigenvalue weighted by molar-refractivity contribution is 6.31. The molecule has 10 heteroatoms. The highest BCUT2D eigenvalue weighted by Crippen LogP contribution is 2.29. The molecular weight excluding hydrogens is 352 g/mol. The highest BCUT2D eigenvalue weighted by Gasteiger charge is 2.23. The molecule has 0 aliphatic carbocycles. The summed E-state index contributed by atoms with van der Waals surface area (Å²) >= 11 is 0. The number of rotatable bonds is 4. The van der Waals surface area contributed by atoms with Crippen LogP contribution in [0.4, 0.5) is 0 Å². The van der Waals surface area contributed by atoms with Gasteiger partial charge in [0.05, 0.1) is 11.1 Å². The molecule has 2 rings (SSSR count). The van der Waals surface area contributed by atoms with Crippen molar-refractivity contribution in [3.8, 4) is 23.0 Å². The second-order valence-electron chi connectivity index (χ2n) is 4.75. The zero-order valence-electron chi connectivity index (χ0n) is 12.7. The molecule has 0 atom stereocenters. The molecule has 0 aromatic heterocycles. The van der Waals surface area contributed by atoms with E-state index < -0.39 is 46.9 Å². The van der Waals surface area contributed by atoms with E-state index in [1.54, 1.807) is 0 Å². The lowest BCUT2D eigenvalue weighted by atomic mass is 10.2. The van der Waals surface area contributed by atoms with Crippen molar-refractivity contribution in [2.45, 2.75) is 0 Å². The summed E-state index contributed by atoms with van der Waals surface area (Å²) in [6.45, 7) is 0. The number of phenolic OH excluding ortho intramolecular Hbond substituents is 2. The Kier molecular flexibility index (Phi) is 5.07. The maximum atomic E-state index is 11.7. The fourth-order valence-electron chi connectivity index (χ4n) is 1.74. The average Bonchev–Trinajstić information content (AvgIpc) is 2.58. The maximum Gasteiger partial charge on any atom is 0.423 e. The number of carboxylic acids is 2. The van der Waals surface area contributed by atoms with Gasteiger partial charge in [-0.15, -0.1) is 0 Å². The number of benzene rings is 2. The lowest BCUT2D eigenvalue weighted by Crippen LogP contribution is -2.25. The predicted octanol–water partition coefficient (Wildman–Crippen LogP) is 1.01. The van der Waals surface area contributed by atoms with E-state index in [-0.39, 0.29) is 11.1 Å². The van der Waals surface area contributed by atoms with Gasteiger partial charge < -0.3 is 29.9 Å². The molecule has 0 aliphatic heterocycles. The number of hydrogen-bond acceptors (Lipinski definition) is 8. The molecule has 0 fully saturated rings. The Morgan fingerprint density at radius 1 is 0.654 bits per heavy atom. The van der Waals surface area contributed by atoms with Gasteiger partial charge in [0, 0.05) is 0 Å². The average molecular weight is 362 g/mol. The second kappa shape index (κ2) is 7.21. The molecule has 0 aliphatic rings. The monoisotopic (exact) mass is 362 g/mol. The number of carbonyl (C=O) groups is 4. The third-order valence-corrected chi connectivity index (χ3v) is 2.99. The molecule has 0 amide bonds. The van der Waals surface area contributed by atoms with Gasteiger partial charge in [0.1, 0.15) is 0 Å². The van der Waals surface area contributed by atoms with Crippen molar-refractivity contribution in [2.24, 2.45) is 0 Å². The number of carbonyl (C=O) groups excluding carboxylic acids is 2. The second-order valence-corrected chi connectivity index (χ2v) is 4.75. The van der Waals surface area contributed by atoms with Crippen molar-refractivity contribution in [1.29, 1.82) is 0 Å². The van der Waals surface area contributed by atoms with Crippen molar-refractivity contribution in [3.05, 3.63) is 47.5 Å². The lowest BCUT2D eigenvalue weighted by Gasteiger charge is -2.08. The first-order valence-corrected chi connectivity index (χ1v) is 6.75. The summed E-state index contributed by atoms with van der Waals surface area (Å²) in [5.41, 5.74) is -0.628. The number of esters is 2. The van der Waals surface area contributed by atoms with Gasteiger partial charge in [0.2, 0.25) is 0 Å². The van der Waals surface area contributed by atoms with Crippen LogP contribution in [0.5, 0.6) is 23.0 Å². The molecule has 26 heavy (non-hydrogen) atoms. The fourth-order valence-corrected chi connectivity index (χ4v) is 1.74. The van der Waals surface area contributed by atoms with Gasteiger partial charge in [0.15, 0.2) is 23.0 Å². The minimum Gasteiger partial charge on any atom is -0.504 e. The largest absolute Gasteiger partial charge is 0.504 e. The van der Waals surface area contributed by atoms with Crippen LogP contribution < -0.4 is 9.47 Å². The van der Waals surface area contributed by atoms with Crippen LogP contribution in [0, 0.1) is 0 Å². The van der Waals surface area contributed by atoms with Crippen molar-refractivity contribution < 1.29 is 49.1 Å². The zero-order chi connectivity index (χ0) is 19.4. The Morgan fingerprint density at radius 2 is 1.00 bits per heavy atom. The lowest BCUT2D eigenvalue weighted by molar-refractivity contribution is -0.156. The number of phenols is 2. The Balaban J connectivity index is 2.17. The quantitative estimate of drug-likeness (QED) is 0.350. The van der Waals surface area contributed by atoms with Crippen LogP contribution in [-0.2, 0) is 9.59 Å². The van der Waals surface area contributed by atoms with Crippen LogP contribution in [0.2, 0.25) is 0 Å². The van der Waals surface area contributed by atoms with Gasteiger partial charge in [-0.3, -0.25) is 0 Å².